The number of benzene rings is 2. The molecule has 1 aliphatic heterocycles. The number of rotatable bonds is 7. The number of sulfonamides is 1. The number of aliphatic carboxylic acids is 1. The van der Waals surface area contributed by atoms with E-state index >= 15 is 0 Å². The van der Waals surface area contributed by atoms with E-state index in [0.717, 1.165) is 11.3 Å². The van der Waals surface area contributed by atoms with Crippen LogP contribution < -0.4 is 10.2 Å². The lowest BCUT2D eigenvalue weighted by atomic mass is 9.96. The highest BCUT2D eigenvalue weighted by Crippen LogP contribution is 2.25. The summed E-state index contributed by atoms with van der Waals surface area (Å²) in [7, 11) is -2.17. The molecule has 9 heteroatoms. The predicted molar refractivity (Wildman–Crippen MR) is 118 cm³/mol. The molecule has 2 aromatic rings. The van der Waals surface area contributed by atoms with Gasteiger partial charge in [0.15, 0.2) is 0 Å². The van der Waals surface area contributed by atoms with Crippen LogP contribution in [0.5, 0.6) is 0 Å². The molecule has 2 N–H and O–H groups in total. The Labute approximate surface area is 182 Å². The Morgan fingerprint density at radius 3 is 2.35 bits per heavy atom. The van der Waals surface area contributed by atoms with E-state index < -0.39 is 16.0 Å². The summed E-state index contributed by atoms with van der Waals surface area (Å²) in [5.41, 5.74) is 2.35. The third kappa shape index (κ3) is 5.62. The van der Waals surface area contributed by atoms with Crippen LogP contribution in [0.4, 0.5) is 11.4 Å². The first-order chi connectivity index (χ1) is 14.7. The second kappa shape index (κ2) is 9.49. The van der Waals surface area contributed by atoms with Crippen LogP contribution in [0, 0.1) is 5.92 Å². The maximum Gasteiger partial charge on any atom is 0.306 e. The molecule has 0 aliphatic carbocycles. The summed E-state index contributed by atoms with van der Waals surface area (Å²) >= 11 is 0. The van der Waals surface area contributed by atoms with Crippen LogP contribution in [-0.2, 0) is 26.2 Å². The van der Waals surface area contributed by atoms with Crippen molar-refractivity contribution in [3.05, 3.63) is 54.1 Å². The third-order valence-electron chi connectivity index (χ3n) is 5.41. The van der Waals surface area contributed by atoms with Gasteiger partial charge in [0, 0.05) is 45.0 Å². The Hall–Kier alpha value is -2.91. The van der Waals surface area contributed by atoms with Crippen molar-refractivity contribution in [2.75, 3.05) is 30.4 Å². The number of carboxylic acids is 1. The van der Waals surface area contributed by atoms with Crippen molar-refractivity contribution in [1.82, 2.24) is 4.31 Å². The molecule has 0 unspecified atom stereocenters. The van der Waals surface area contributed by atoms with Gasteiger partial charge in [-0.05, 0) is 54.8 Å². The van der Waals surface area contributed by atoms with Crippen molar-refractivity contribution in [3.8, 4) is 0 Å². The highest BCUT2D eigenvalue weighted by atomic mass is 32.2. The number of anilines is 2. The number of nitrogens with zero attached hydrogens (tertiary/aromatic N) is 2. The molecular formula is C22H27N3O5S. The van der Waals surface area contributed by atoms with Crippen molar-refractivity contribution >= 4 is 33.3 Å². The van der Waals surface area contributed by atoms with Crippen LogP contribution in [0.3, 0.4) is 0 Å². The number of carbonyl (C=O) groups is 2. The Balaban J connectivity index is 1.68. The number of nitrogens with one attached hydrogen (secondary N) is 1. The van der Waals surface area contributed by atoms with Crippen molar-refractivity contribution in [3.63, 3.8) is 0 Å². The van der Waals surface area contributed by atoms with Gasteiger partial charge in [0.1, 0.15) is 0 Å². The Morgan fingerprint density at radius 1 is 1.13 bits per heavy atom. The third-order valence-corrected chi connectivity index (χ3v) is 7.23. The van der Waals surface area contributed by atoms with Crippen LogP contribution >= 0.6 is 0 Å². The van der Waals surface area contributed by atoms with Crippen molar-refractivity contribution in [2.24, 2.45) is 5.92 Å². The molecule has 166 valence electrons. The van der Waals surface area contributed by atoms with Crippen molar-refractivity contribution in [1.29, 1.82) is 0 Å². The summed E-state index contributed by atoms with van der Waals surface area (Å²) in [4.78, 5) is 24.6. The molecule has 2 aromatic carbocycles. The summed E-state index contributed by atoms with van der Waals surface area (Å²) in [6, 6.07) is 13.7. The molecule has 0 bridgehead atoms. The number of amides is 1. The Kier molecular flexibility index (Phi) is 6.97. The molecule has 8 nitrogen and oxygen atoms in total. The maximum atomic E-state index is 12.9. The zero-order chi connectivity index (χ0) is 22.6. The first-order valence-electron chi connectivity index (χ1n) is 10.1. The van der Waals surface area contributed by atoms with Crippen LogP contribution in [0.2, 0.25) is 0 Å². The lowest BCUT2D eigenvalue weighted by Gasteiger charge is -2.32. The Bertz CT molecular complexity index is 1050. The lowest BCUT2D eigenvalue weighted by molar-refractivity contribution is -0.142. The van der Waals surface area contributed by atoms with Gasteiger partial charge in [0.25, 0.3) is 0 Å². The fraction of sp³-hybridized carbons (Fsp3) is 0.364. The average Bonchev–Trinajstić information content (AvgIpc) is 2.74. The molecule has 1 heterocycles. The first-order valence-corrected chi connectivity index (χ1v) is 11.5. The van der Waals surface area contributed by atoms with Crippen LogP contribution in [0.1, 0.15) is 25.3 Å². The van der Waals surface area contributed by atoms with E-state index in [0.29, 0.717) is 31.6 Å². The van der Waals surface area contributed by atoms with Gasteiger partial charge in [-0.15, -0.1) is 0 Å². The molecule has 1 saturated heterocycles. The summed E-state index contributed by atoms with van der Waals surface area (Å²) in [5.74, 6) is -1.27. The maximum absolute atomic E-state index is 12.9. The molecule has 31 heavy (non-hydrogen) atoms. The molecule has 1 fully saturated rings. The standard InChI is InChI=1S/C22H27N3O5S/c1-16(26)23-19-6-8-21(9-7-19)31(29,30)24(2)15-17-4-3-5-20(14-17)25-12-10-18(11-13-25)22(27)28/h3-9,14,18H,10-13,15H2,1-2H3,(H,23,26)(H,27,28). The SMILES string of the molecule is CC(=O)Nc1ccc(S(=O)(=O)N(C)Cc2cccc(N3CCC(C(=O)O)CC3)c2)cc1. The monoisotopic (exact) mass is 445 g/mol. The van der Waals surface area contributed by atoms with Gasteiger partial charge in [-0.3, -0.25) is 9.59 Å². The molecule has 0 aromatic heterocycles. The summed E-state index contributed by atoms with van der Waals surface area (Å²) < 4.78 is 27.1. The number of hydrogen-bond acceptors (Lipinski definition) is 5. The number of carboxylic acid groups (broad SMARTS) is 1. The van der Waals surface area contributed by atoms with Crippen LogP contribution in [-0.4, -0.2) is 49.8 Å². The summed E-state index contributed by atoms with van der Waals surface area (Å²) in [6.07, 6.45) is 1.20. The largest absolute Gasteiger partial charge is 0.481 e. The Morgan fingerprint density at radius 2 is 1.77 bits per heavy atom. The van der Waals surface area contributed by atoms with Crippen molar-refractivity contribution in [2.45, 2.75) is 31.2 Å². The fourth-order valence-electron chi connectivity index (χ4n) is 3.67. The van der Waals surface area contributed by atoms with Gasteiger partial charge in [-0.2, -0.15) is 4.31 Å². The topological polar surface area (TPSA) is 107 Å². The van der Waals surface area contributed by atoms with Gasteiger partial charge in [-0.1, -0.05) is 12.1 Å². The zero-order valence-electron chi connectivity index (χ0n) is 17.6. The van der Waals surface area contributed by atoms with E-state index in [2.05, 4.69) is 10.2 Å². The molecule has 0 saturated carbocycles. The lowest BCUT2D eigenvalue weighted by Crippen LogP contribution is -2.36. The van der Waals surface area contributed by atoms with E-state index in [1.807, 2.05) is 24.3 Å². The smallest absolute Gasteiger partial charge is 0.306 e. The van der Waals surface area contributed by atoms with Gasteiger partial charge >= 0.3 is 5.97 Å². The highest BCUT2D eigenvalue weighted by Gasteiger charge is 2.25. The van der Waals surface area contributed by atoms with E-state index in [9.17, 15) is 18.0 Å². The van der Waals surface area contributed by atoms with E-state index in [-0.39, 0.29) is 23.3 Å². The molecular weight excluding hydrogens is 418 g/mol. The molecule has 0 atom stereocenters. The van der Waals surface area contributed by atoms with Crippen LogP contribution in [0.15, 0.2) is 53.4 Å². The van der Waals surface area contributed by atoms with Crippen LogP contribution in [0.25, 0.3) is 0 Å². The summed E-state index contributed by atoms with van der Waals surface area (Å²) in [6.45, 7) is 2.92. The number of piperidine rings is 1. The molecule has 1 aliphatic rings. The molecule has 3 rings (SSSR count). The second-order valence-electron chi connectivity index (χ2n) is 7.74. The highest BCUT2D eigenvalue weighted by molar-refractivity contribution is 7.89. The first kappa shape index (κ1) is 22.8. The predicted octanol–water partition coefficient (Wildman–Crippen LogP) is 2.77. The number of hydrogen-bond donors (Lipinski definition) is 2. The van der Waals surface area contributed by atoms with E-state index in [4.69, 9.17) is 5.11 Å². The number of carbonyl (C=O) groups excluding carboxylic acids is 1. The van der Waals surface area contributed by atoms with E-state index in [1.165, 1.54) is 30.4 Å². The minimum absolute atomic E-state index is 0.149. The second-order valence-corrected chi connectivity index (χ2v) is 9.78. The van der Waals surface area contributed by atoms with Gasteiger partial charge in [-0.25, -0.2) is 8.42 Å². The minimum Gasteiger partial charge on any atom is -0.481 e. The summed E-state index contributed by atoms with van der Waals surface area (Å²) in [5, 5.41) is 11.8. The quantitative estimate of drug-likeness (QED) is 0.679. The molecule has 1 amide bonds. The average molecular weight is 446 g/mol. The minimum atomic E-state index is -3.70. The van der Waals surface area contributed by atoms with Gasteiger partial charge < -0.3 is 15.3 Å². The fourth-order valence-corrected chi connectivity index (χ4v) is 4.83. The van der Waals surface area contributed by atoms with Gasteiger partial charge in [0.2, 0.25) is 15.9 Å². The van der Waals surface area contributed by atoms with E-state index in [1.54, 1.807) is 12.1 Å². The zero-order valence-corrected chi connectivity index (χ0v) is 18.4. The van der Waals surface area contributed by atoms with Crippen molar-refractivity contribution < 1.29 is 23.1 Å². The normalized spacial score (nSPS) is 15.1. The molecule has 0 radical (unpaired) electrons. The van der Waals surface area contributed by atoms with Gasteiger partial charge in [0.05, 0.1) is 10.8 Å². The molecule has 0 spiro atoms.